The zero-order valence-electron chi connectivity index (χ0n) is 21.1. The Labute approximate surface area is 220 Å². The molecule has 2 aliphatic rings. The summed E-state index contributed by atoms with van der Waals surface area (Å²) in [5.41, 5.74) is 4.72. The second-order valence-corrected chi connectivity index (χ2v) is 9.50. The van der Waals surface area contributed by atoms with Crippen molar-refractivity contribution in [1.29, 1.82) is 5.26 Å². The molecule has 192 valence electrons. The second-order valence-electron chi connectivity index (χ2n) is 9.50. The molecular weight excluding hydrogens is 482 g/mol. The quantitative estimate of drug-likeness (QED) is 0.341. The molecule has 0 atom stereocenters. The van der Waals surface area contributed by atoms with Crippen molar-refractivity contribution in [2.24, 2.45) is 0 Å². The average molecular weight is 510 g/mol. The lowest BCUT2D eigenvalue weighted by atomic mass is 10.0. The lowest BCUT2D eigenvalue weighted by molar-refractivity contribution is 0.0254. The number of furan rings is 1. The Balaban J connectivity index is 1.33. The minimum Gasteiger partial charge on any atom is -0.496 e. The van der Waals surface area contributed by atoms with Crippen molar-refractivity contribution in [3.63, 3.8) is 0 Å². The molecule has 0 spiro atoms. The van der Waals surface area contributed by atoms with E-state index in [1.807, 2.05) is 41.3 Å². The Morgan fingerprint density at radius 3 is 2.63 bits per heavy atom. The summed E-state index contributed by atoms with van der Waals surface area (Å²) in [5, 5.41) is 9.83. The maximum atomic E-state index is 12.7. The number of rotatable bonds is 6. The number of methoxy groups -OCH3 is 1. The highest BCUT2D eigenvalue weighted by atomic mass is 16.5. The van der Waals surface area contributed by atoms with Gasteiger partial charge in [0.25, 0.3) is 5.91 Å². The maximum absolute atomic E-state index is 12.7. The van der Waals surface area contributed by atoms with E-state index >= 15 is 0 Å². The third kappa shape index (κ3) is 4.46. The Bertz CT molecular complexity index is 1540. The zero-order chi connectivity index (χ0) is 26.1. The van der Waals surface area contributed by atoms with Crippen LogP contribution < -0.4 is 9.47 Å². The number of aromatic nitrogens is 1. The predicted octanol–water partition coefficient (Wildman–Crippen LogP) is 5.45. The molecule has 8 heteroatoms. The van der Waals surface area contributed by atoms with Crippen molar-refractivity contribution in [2.75, 3.05) is 33.4 Å². The van der Waals surface area contributed by atoms with Gasteiger partial charge in [-0.25, -0.2) is 0 Å². The van der Waals surface area contributed by atoms with Gasteiger partial charge < -0.3 is 23.5 Å². The lowest BCUT2D eigenvalue weighted by Crippen LogP contribution is -2.42. The SMILES string of the molecule is COc1cc(C(=O)N2CCC2)ccc1-c1cc2nccc(-c3ccc(OC4CCOCC4)c(C#N)c3)c2o1. The molecule has 0 unspecified atom stereocenters. The first-order valence-corrected chi connectivity index (χ1v) is 12.8. The number of hydrogen-bond donors (Lipinski definition) is 0. The van der Waals surface area contributed by atoms with Crippen molar-refractivity contribution >= 4 is 17.0 Å². The van der Waals surface area contributed by atoms with Crippen molar-refractivity contribution < 1.29 is 23.4 Å². The van der Waals surface area contributed by atoms with Gasteiger partial charge in [-0.15, -0.1) is 0 Å². The number of nitriles is 1. The molecule has 1 amide bonds. The van der Waals surface area contributed by atoms with Gasteiger partial charge in [0.05, 0.1) is 31.5 Å². The van der Waals surface area contributed by atoms with Crippen LogP contribution in [-0.2, 0) is 4.74 Å². The summed E-state index contributed by atoms with van der Waals surface area (Å²) in [6, 6.07) is 17.0. The summed E-state index contributed by atoms with van der Waals surface area (Å²) in [6.07, 6.45) is 4.43. The normalized spacial score (nSPS) is 15.6. The number of pyridine rings is 1. The standard InChI is InChI=1S/C30H27N3O5/c1-35-27-16-20(30(34)33-11-2-12-33)3-5-24(27)28-17-25-29(38-28)23(7-10-32-25)19-4-6-26(21(15-19)18-31)37-22-8-13-36-14-9-22/h3-7,10,15-17,22H,2,8-9,11-14H2,1H3. The number of carbonyl (C=O) groups excluding carboxylic acids is 1. The van der Waals surface area contributed by atoms with Crippen molar-refractivity contribution in [3.8, 4) is 40.0 Å². The van der Waals surface area contributed by atoms with Gasteiger partial charge in [0.1, 0.15) is 34.9 Å². The van der Waals surface area contributed by atoms with E-state index in [0.29, 0.717) is 52.7 Å². The van der Waals surface area contributed by atoms with Gasteiger partial charge in [0.15, 0.2) is 5.58 Å². The van der Waals surface area contributed by atoms with E-state index in [-0.39, 0.29) is 12.0 Å². The van der Waals surface area contributed by atoms with Crippen molar-refractivity contribution in [2.45, 2.75) is 25.4 Å². The summed E-state index contributed by atoms with van der Waals surface area (Å²) in [5.74, 6) is 1.72. The molecule has 2 saturated heterocycles. The molecule has 8 nitrogen and oxygen atoms in total. The van der Waals surface area contributed by atoms with Gasteiger partial charge in [0.2, 0.25) is 0 Å². The average Bonchev–Trinajstić information content (AvgIpc) is 3.37. The van der Waals surface area contributed by atoms with Gasteiger partial charge in [-0.2, -0.15) is 5.26 Å². The van der Waals surface area contributed by atoms with E-state index in [0.717, 1.165) is 49.0 Å². The molecule has 0 N–H and O–H groups in total. The minimum atomic E-state index is 0.00667. The van der Waals surface area contributed by atoms with Crippen LogP contribution in [0.25, 0.3) is 33.6 Å². The van der Waals surface area contributed by atoms with Crippen LogP contribution in [0.5, 0.6) is 11.5 Å². The fourth-order valence-corrected chi connectivity index (χ4v) is 4.89. The van der Waals surface area contributed by atoms with Crippen molar-refractivity contribution in [3.05, 3.63) is 65.9 Å². The van der Waals surface area contributed by atoms with E-state index in [2.05, 4.69) is 11.1 Å². The number of hydrogen-bond acceptors (Lipinski definition) is 7. The topological polar surface area (TPSA) is 97.8 Å². The van der Waals surface area contributed by atoms with E-state index in [4.69, 9.17) is 18.6 Å². The molecule has 0 saturated carbocycles. The largest absolute Gasteiger partial charge is 0.496 e. The first kappa shape index (κ1) is 24.0. The highest BCUT2D eigenvalue weighted by Crippen LogP contribution is 2.38. The third-order valence-electron chi connectivity index (χ3n) is 7.14. The van der Waals surface area contributed by atoms with Gasteiger partial charge >= 0.3 is 0 Å². The highest BCUT2D eigenvalue weighted by Gasteiger charge is 2.24. The molecule has 2 fully saturated rings. The van der Waals surface area contributed by atoms with Crippen LogP contribution >= 0.6 is 0 Å². The van der Waals surface area contributed by atoms with Crippen LogP contribution in [0.1, 0.15) is 35.2 Å². The van der Waals surface area contributed by atoms with E-state index in [1.165, 1.54) is 0 Å². The molecule has 0 radical (unpaired) electrons. The van der Waals surface area contributed by atoms with Crippen LogP contribution in [0.15, 0.2) is 59.1 Å². The molecule has 6 rings (SSSR count). The second kappa shape index (κ2) is 10.2. The lowest BCUT2D eigenvalue weighted by Gasteiger charge is -2.31. The molecule has 0 bridgehead atoms. The molecule has 4 heterocycles. The summed E-state index contributed by atoms with van der Waals surface area (Å²) in [6.45, 7) is 2.92. The summed E-state index contributed by atoms with van der Waals surface area (Å²) in [7, 11) is 1.58. The van der Waals surface area contributed by atoms with Crippen LogP contribution in [-0.4, -0.2) is 55.3 Å². The summed E-state index contributed by atoms with van der Waals surface area (Å²) in [4.78, 5) is 19.0. The van der Waals surface area contributed by atoms with E-state index in [9.17, 15) is 10.1 Å². The first-order valence-electron chi connectivity index (χ1n) is 12.8. The number of fused-ring (bicyclic) bond motifs is 1. The molecule has 2 aliphatic heterocycles. The van der Waals surface area contributed by atoms with E-state index < -0.39 is 0 Å². The zero-order valence-corrected chi connectivity index (χ0v) is 21.1. The van der Waals surface area contributed by atoms with Crippen LogP contribution in [0, 0.1) is 11.3 Å². The minimum absolute atomic E-state index is 0.00667. The number of benzene rings is 2. The predicted molar refractivity (Wildman–Crippen MR) is 141 cm³/mol. The van der Waals surface area contributed by atoms with Crippen molar-refractivity contribution in [1.82, 2.24) is 9.88 Å². The number of amides is 1. The molecule has 0 aliphatic carbocycles. The van der Waals surface area contributed by atoms with Crippen LogP contribution in [0.2, 0.25) is 0 Å². The number of carbonyl (C=O) groups is 1. The first-order chi connectivity index (χ1) is 18.6. The number of nitrogens with zero attached hydrogens (tertiary/aromatic N) is 3. The molecule has 2 aromatic heterocycles. The molecule has 38 heavy (non-hydrogen) atoms. The van der Waals surface area contributed by atoms with Gasteiger partial charge in [-0.3, -0.25) is 9.78 Å². The fraction of sp³-hybridized carbons (Fsp3) is 0.300. The van der Waals surface area contributed by atoms with Gasteiger partial charge in [-0.1, -0.05) is 6.07 Å². The molecular formula is C30H27N3O5. The Morgan fingerprint density at radius 1 is 1.05 bits per heavy atom. The Morgan fingerprint density at radius 2 is 1.89 bits per heavy atom. The van der Waals surface area contributed by atoms with Crippen LogP contribution in [0.3, 0.4) is 0 Å². The molecule has 2 aromatic carbocycles. The fourth-order valence-electron chi connectivity index (χ4n) is 4.89. The Hall–Kier alpha value is -4.35. The summed E-state index contributed by atoms with van der Waals surface area (Å²) >= 11 is 0. The van der Waals surface area contributed by atoms with E-state index in [1.54, 1.807) is 25.4 Å². The Kier molecular flexibility index (Phi) is 6.44. The third-order valence-corrected chi connectivity index (χ3v) is 7.14. The van der Waals surface area contributed by atoms with Crippen LogP contribution in [0.4, 0.5) is 0 Å². The maximum Gasteiger partial charge on any atom is 0.253 e. The number of likely N-dealkylation sites (tertiary alicyclic amines) is 1. The number of ether oxygens (including phenoxy) is 3. The van der Waals surface area contributed by atoms with Gasteiger partial charge in [0, 0.05) is 49.3 Å². The summed E-state index contributed by atoms with van der Waals surface area (Å²) < 4.78 is 23.5. The smallest absolute Gasteiger partial charge is 0.253 e. The molecule has 4 aromatic rings. The van der Waals surface area contributed by atoms with Gasteiger partial charge in [-0.05, 0) is 48.4 Å². The highest BCUT2D eigenvalue weighted by molar-refractivity contribution is 5.97. The monoisotopic (exact) mass is 509 g/mol.